The fourth-order valence-electron chi connectivity index (χ4n) is 3.04. The summed E-state index contributed by atoms with van der Waals surface area (Å²) < 4.78 is 5.95. The van der Waals surface area contributed by atoms with Gasteiger partial charge in [0.05, 0.1) is 13.0 Å². The van der Waals surface area contributed by atoms with E-state index in [2.05, 4.69) is 28.9 Å². The maximum absolute atomic E-state index is 10.6. The van der Waals surface area contributed by atoms with E-state index in [0.29, 0.717) is 12.5 Å². The lowest BCUT2D eigenvalue weighted by Gasteiger charge is -2.33. The van der Waals surface area contributed by atoms with Gasteiger partial charge in [0.1, 0.15) is 11.5 Å². The van der Waals surface area contributed by atoms with Crippen LogP contribution in [0.5, 0.6) is 0 Å². The molecule has 3 rings (SSSR count). The Morgan fingerprint density at radius 1 is 1.29 bits per heavy atom. The van der Waals surface area contributed by atoms with Crippen molar-refractivity contribution in [3.05, 3.63) is 23.7 Å². The van der Waals surface area contributed by atoms with Crippen LogP contribution in [0.4, 0.5) is 0 Å². The quantitative estimate of drug-likeness (QED) is 0.869. The summed E-state index contributed by atoms with van der Waals surface area (Å²) >= 11 is 0. The second kappa shape index (κ2) is 6.20. The lowest BCUT2D eigenvalue weighted by atomic mass is 10.2. The van der Waals surface area contributed by atoms with E-state index in [-0.39, 0.29) is 6.42 Å². The van der Waals surface area contributed by atoms with Crippen molar-refractivity contribution in [2.75, 3.05) is 32.7 Å². The minimum absolute atomic E-state index is 0.237. The van der Waals surface area contributed by atoms with Crippen LogP contribution in [0, 0.1) is 5.92 Å². The van der Waals surface area contributed by atoms with E-state index < -0.39 is 5.97 Å². The highest BCUT2D eigenvalue weighted by Crippen LogP contribution is 2.47. The van der Waals surface area contributed by atoms with Crippen LogP contribution in [0.15, 0.2) is 16.5 Å². The third-order valence-corrected chi connectivity index (χ3v) is 4.64. The van der Waals surface area contributed by atoms with Gasteiger partial charge in [0.2, 0.25) is 0 Å². The number of hydrogen-bond acceptors (Lipinski definition) is 4. The second-order valence-corrected chi connectivity index (χ2v) is 6.39. The molecule has 0 radical (unpaired) electrons. The number of hydrogen-bond donors (Lipinski definition) is 1. The van der Waals surface area contributed by atoms with Gasteiger partial charge in [0, 0.05) is 38.6 Å². The molecule has 1 aliphatic heterocycles. The molecule has 2 atom stereocenters. The molecule has 116 valence electrons. The lowest BCUT2D eigenvalue weighted by molar-refractivity contribution is -0.137. The van der Waals surface area contributed by atoms with Crippen LogP contribution >= 0.6 is 0 Å². The molecule has 5 heteroatoms. The molecule has 0 spiro atoms. The Hall–Kier alpha value is -1.33. The second-order valence-electron chi connectivity index (χ2n) is 6.39. The van der Waals surface area contributed by atoms with Gasteiger partial charge in [0.25, 0.3) is 0 Å². The standard InChI is InChI=1S/C16H24N2O3/c1-12-10-14(12)15-3-2-13(21-15)11-18-8-6-17(7-9-18)5-4-16(19)20/h2-3,12,14H,4-11H2,1H3,(H,19,20). The normalized spacial score (nSPS) is 26.9. The number of furan rings is 1. The van der Waals surface area contributed by atoms with Gasteiger partial charge in [-0.15, -0.1) is 0 Å². The highest BCUT2D eigenvalue weighted by atomic mass is 16.4. The Bertz CT molecular complexity index is 491. The number of aliphatic carboxylic acids is 1. The summed E-state index contributed by atoms with van der Waals surface area (Å²) in [5, 5.41) is 8.71. The molecule has 1 aliphatic carbocycles. The molecule has 1 aromatic heterocycles. The van der Waals surface area contributed by atoms with Gasteiger partial charge in [-0.05, 0) is 24.5 Å². The van der Waals surface area contributed by atoms with Crippen LogP contribution < -0.4 is 0 Å². The molecule has 1 saturated carbocycles. The van der Waals surface area contributed by atoms with Crippen molar-refractivity contribution in [1.29, 1.82) is 0 Å². The minimum atomic E-state index is -0.713. The SMILES string of the molecule is CC1CC1c1ccc(CN2CCN(CCC(=O)O)CC2)o1. The molecule has 2 fully saturated rings. The van der Waals surface area contributed by atoms with Crippen LogP contribution in [0.3, 0.4) is 0 Å². The van der Waals surface area contributed by atoms with Crippen molar-refractivity contribution in [2.45, 2.75) is 32.2 Å². The summed E-state index contributed by atoms with van der Waals surface area (Å²) in [5.41, 5.74) is 0. The van der Waals surface area contributed by atoms with Crippen molar-refractivity contribution in [1.82, 2.24) is 9.80 Å². The molecule has 5 nitrogen and oxygen atoms in total. The molecular weight excluding hydrogens is 268 g/mol. The predicted molar refractivity (Wildman–Crippen MR) is 79.2 cm³/mol. The zero-order valence-electron chi connectivity index (χ0n) is 12.6. The van der Waals surface area contributed by atoms with Crippen LogP contribution in [-0.2, 0) is 11.3 Å². The molecule has 0 amide bonds. The van der Waals surface area contributed by atoms with E-state index in [1.165, 1.54) is 6.42 Å². The first kappa shape index (κ1) is 14.6. The van der Waals surface area contributed by atoms with Gasteiger partial charge in [-0.2, -0.15) is 0 Å². The van der Waals surface area contributed by atoms with Gasteiger partial charge >= 0.3 is 5.97 Å². The van der Waals surface area contributed by atoms with Crippen LogP contribution in [0.2, 0.25) is 0 Å². The Balaban J connectivity index is 1.42. The summed E-state index contributed by atoms with van der Waals surface area (Å²) in [7, 11) is 0. The van der Waals surface area contributed by atoms with Gasteiger partial charge in [-0.3, -0.25) is 9.69 Å². The minimum Gasteiger partial charge on any atom is -0.481 e. The first-order valence-electron chi connectivity index (χ1n) is 7.87. The maximum atomic E-state index is 10.6. The summed E-state index contributed by atoms with van der Waals surface area (Å²) in [4.78, 5) is 15.2. The summed E-state index contributed by atoms with van der Waals surface area (Å²) in [6.07, 6.45) is 1.50. The first-order valence-corrected chi connectivity index (χ1v) is 7.87. The molecular formula is C16H24N2O3. The molecule has 21 heavy (non-hydrogen) atoms. The molecule has 2 aliphatic rings. The van der Waals surface area contributed by atoms with Gasteiger partial charge in [0.15, 0.2) is 0 Å². The third kappa shape index (κ3) is 3.86. The maximum Gasteiger partial charge on any atom is 0.304 e. The number of piperazine rings is 1. The Morgan fingerprint density at radius 2 is 1.95 bits per heavy atom. The van der Waals surface area contributed by atoms with Crippen molar-refractivity contribution in [2.24, 2.45) is 5.92 Å². The number of rotatable bonds is 6. The van der Waals surface area contributed by atoms with E-state index in [9.17, 15) is 4.79 Å². The Kier molecular flexibility index (Phi) is 4.31. The van der Waals surface area contributed by atoms with E-state index in [1.807, 2.05) is 0 Å². The molecule has 2 unspecified atom stereocenters. The zero-order valence-corrected chi connectivity index (χ0v) is 12.6. The number of carbonyl (C=O) groups is 1. The van der Waals surface area contributed by atoms with E-state index in [1.54, 1.807) is 0 Å². The zero-order chi connectivity index (χ0) is 14.8. The van der Waals surface area contributed by atoms with E-state index in [0.717, 1.165) is 50.2 Å². The fourth-order valence-corrected chi connectivity index (χ4v) is 3.04. The Labute approximate surface area is 125 Å². The summed E-state index contributed by atoms with van der Waals surface area (Å²) in [6, 6.07) is 4.24. The number of carboxylic acid groups (broad SMARTS) is 1. The molecule has 0 bridgehead atoms. The van der Waals surface area contributed by atoms with Crippen molar-refractivity contribution in [3.8, 4) is 0 Å². The van der Waals surface area contributed by atoms with Crippen LogP contribution in [-0.4, -0.2) is 53.6 Å². The van der Waals surface area contributed by atoms with Crippen LogP contribution in [0.1, 0.15) is 37.2 Å². The highest BCUT2D eigenvalue weighted by molar-refractivity contribution is 5.66. The van der Waals surface area contributed by atoms with Crippen molar-refractivity contribution >= 4 is 5.97 Å². The van der Waals surface area contributed by atoms with Gasteiger partial charge in [-0.25, -0.2) is 0 Å². The average Bonchev–Trinajstić information content (AvgIpc) is 3.01. The molecule has 2 heterocycles. The molecule has 1 N–H and O–H groups in total. The monoisotopic (exact) mass is 292 g/mol. The lowest BCUT2D eigenvalue weighted by Crippen LogP contribution is -2.46. The van der Waals surface area contributed by atoms with Crippen LogP contribution in [0.25, 0.3) is 0 Å². The Morgan fingerprint density at radius 3 is 2.57 bits per heavy atom. The smallest absolute Gasteiger partial charge is 0.304 e. The summed E-state index contributed by atoms with van der Waals surface area (Å²) in [6.45, 7) is 7.65. The van der Waals surface area contributed by atoms with E-state index in [4.69, 9.17) is 9.52 Å². The third-order valence-electron chi connectivity index (χ3n) is 4.64. The molecule has 1 aromatic rings. The molecule has 0 aromatic carbocycles. The topological polar surface area (TPSA) is 56.9 Å². The predicted octanol–water partition coefficient (Wildman–Crippen LogP) is 2.00. The highest BCUT2D eigenvalue weighted by Gasteiger charge is 2.36. The van der Waals surface area contributed by atoms with E-state index >= 15 is 0 Å². The van der Waals surface area contributed by atoms with Crippen molar-refractivity contribution in [3.63, 3.8) is 0 Å². The fraction of sp³-hybridized carbons (Fsp3) is 0.688. The summed E-state index contributed by atoms with van der Waals surface area (Å²) in [5.74, 6) is 2.92. The van der Waals surface area contributed by atoms with Gasteiger partial charge < -0.3 is 14.4 Å². The first-order chi connectivity index (χ1) is 10.1. The van der Waals surface area contributed by atoms with Crippen molar-refractivity contribution < 1.29 is 14.3 Å². The van der Waals surface area contributed by atoms with Gasteiger partial charge in [-0.1, -0.05) is 6.92 Å². The average molecular weight is 292 g/mol. The molecule has 1 saturated heterocycles. The number of nitrogens with zero attached hydrogens (tertiary/aromatic N) is 2. The largest absolute Gasteiger partial charge is 0.481 e. The number of carboxylic acids is 1.